The maximum Gasteiger partial charge on any atom is 0.262 e. The topological polar surface area (TPSA) is 46.5 Å². The molecule has 1 amide bonds. The van der Waals surface area contributed by atoms with Crippen molar-refractivity contribution in [2.45, 2.75) is 19.3 Å². The van der Waals surface area contributed by atoms with E-state index in [2.05, 4.69) is 4.99 Å². The minimum atomic E-state index is -1.08. The summed E-state index contributed by atoms with van der Waals surface area (Å²) < 4.78 is 0. The number of hydrogen-bond acceptors (Lipinski definition) is 2. The molecule has 3 aromatic rings. The van der Waals surface area contributed by atoms with Crippen LogP contribution in [0.1, 0.15) is 30.5 Å². The quantitative estimate of drug-likeness (QED) is 0.563. The number of rotatable bonds is 5. The standard InChI is InChI=1S/C27H23NO2/c1-20(29)18-19-26(2)24(21-12-6-3-7-13-21)28-25(30)27(26,22-14-8-4-9-15-22)23-16-10-5-11-17-23/h3-19H,1-2H3/b19-18+. The van der Waals surface area contributed by atoms with E-state index in [1.165, 1.54) is 6.92 Å². The lowest BCUT2D eigenvalue weighted by molar-refractivity contribution is -0.122. The van der Waals surface area contributed by atoms with Crippen molar-refractivity contribution >= 4 is 17.4 Å². The molecule has 0 aliphatic carbocycles. The van der Waals surface area contributed by atoms with Crippen LogP contribution in [0.3, 0.4) is 0 Å². The molecular formula is C27H23NO2. The highest BCUT2D eigenvalue weighted by Crippen LogP contribution is 2.54. The summed E-state index contributed by atoms with van der Waals surface area (Å²) in [5.41, 5.74) is 1.30. The number of nitrogens with zero attached hydrogens (tertiary/aromatic N) is 1. The number of amides is 1. The van der Waals surface area contributed by atoms with Crippen molar-refractivity contribution in [2.24, 2.45) is 10.4 Å². The minimum absolute atomic E-state index is 0.0713. The Kier molecular flexibility index (Phi) is 5.04. The Hall–Kier alpha value is -3.59. The maximum absolute atomic E-state index is 13.8. The van der Waals surface area contributed by atoms with E-state index in [1.807, 2.05) is 104 Å². The molecule has 1 unspecified atom stereocenters. The van der Waals surface area contributed by atoms with E-state index in [-0.39, 0.29) is 11.7 Å². The van der Waals surface area contributed by atoms with Crippen LogP contribution in [0.2, 0.25) is 0 Å². The second-order valence-electron chi connectivity index (χ2n) is 7.76. The highest BCUT2D eigenvalue weighted by molar-refractivity contribution is 6.21. The number of aliphatic imine (C=N–C) groups is 1. The molecule has 3 nitrogen and oxygen atoms in total. The molecule has 0 spiro atoms. The Balaban J connectivity index is 2.08. The average molecular weight is 393 g/mol. The Morgan fingerprint density at radius 3 is 1.73 bits per heavy atom. The monoisotopic (exact) mass is 393 g/mol. The molecule has 0 N–H and O–H groups in total. The minimum Gasteiger partial charge on any atom is -0.295 e. The molecule has 0 saturated carbocycles. The molecule has 3 heteroatoms. The predicted molar refractivity (Wildman–Crippen MR) is 120 cm³/mol. The van der Waals surface area contributed by atoms with E-state index in [0.29, 0.717) is 5.71 Å². The zero-order valence-corrected chi connectivity index (χ0v) is 17.1. The van der Waals surface area contributed by atoms with Crippen LogP contribution in [0, 0.1) is 5.41 Å². The van der Waals surface area contributed by atoms with Gasteiger partial charge in [-0.2, -0.15) is 0 Å². The van der Waals surface area contributed by atoms with E-state index >= 15 is 0 Å². The third kappa shape index (κ3) is 2.94. The van der Waals surface area contributed by atoms with Gasteiger partial charge in [0.15, 0.2) is 5.78 Å². The van der Waals surface area contributed by atoms with Crippen LogP contribution in [0.4, 0.5) is 0 Å². The first-order valence-corrected chi connectivity index (χ1v) is 10.00. The van der Waals surface area contributed by atoms with Crippen molar-refractivity contribution in [3.05, 3.63) is 120 Å². The molecule has 0 aromatic heterocycles. The lowest BCUT2D eigenvalue weighted by Crippen LogP contribution is -2.48. The summed E-state index contributed by atoms with van der Waals surface area (Å²) in [7, 11) is 0. The van der Waals surface area contributed by atoms with Crippen LogP contribution < -0.4 is 0 Å². The van der Waals surface area contributed by atoms with Gasteiger partial charge in [0.1, 0.15) is 5.41 Å². The fraction of sp³-hybridized carbons (Fsp3) is 0.148. The van der Waals surface area contributed by atoms with Gasteiger partial charge >= 0.3 is 0 Å². The lowest BCUT2D eigenvalue weighted by Gasteiger charge is -2.42. The smallest absolute Gasteiger partial charge is 0.262 e. The van der Waals surface area contributed by atoms with Gasteiger partial charge < -0.3 is 0 Å². The van der Waals surface area contributed by atoms with Crippen LogP contribution in [0.15, 0.2) is 108 Å². The van der Waals surface area contributed by atoms with Gasteiger partial charge in [-0.3, -0.25) is 9.59 Å². The molecule has 0 bridgehead atoms. The summed E-state index contributed by atoms with van der Waals surface area (Å²) >= 11 is 0. The first kappa shape index (κ1) is 19.7. The normalized spacial score (nSPS) is 20.3. The van der Waals surface area contributed by atoms with Crippen LogP contribution in [0.25, 0.3) is 0 Å². The molecule has 1 aliphatic rings. The third-order valence-corrected chi connectivity index (χ3v) is 5.92. The SMILES string of the molecule is CC(=O)/C=C/C1(C)C(c2ccccc2)=NC(=O)C1(c1ccccc1)c1ccccc1. The summed E-state index contributed by atoms with van der Waals surface area (Å²) in [6.07, 6.45) is 3.41. The van der Waals surface area contributed by atoms with E-state index in [0.717, 1.165) is 16.7 Å². The summed E-state index contributed by atoms with van der Waals surface area (Å²) in [5, 5.41) is 0. The number of carbonyl (C=O) groups excluding carboxylic acids is 2. The number of ketones is 1. The molecule has 1 atom stereocenters. The van der Waals surface area contributed by atoms with Crippen molar-refractivity contribution < 1.29 is 9.59 Å². The van der Waals surface area contributed by atoms with Crippen LogP contribution >= 0.6 is 0 Å². The third-order valence-electron chi connectivity index (χ3n) is 5.92. The molecule has 148 valence electrons. The van der Waals surface area contributed by atoms with Crippen molar-refractivity contribution in [1.29, 1.82) is 0 Å². The Labute approximate surface area is 176 Å². The van der Waals surface area contributed by atoms with Crippen molar-refractivity contribution in [2.75, 3.05) is 0 Å². The molecule has 3 aromatic carbocycles. The average Bonchev–Trinajstić information content (AvgIpc) is 3.02. The molecule has 1 heterocycles. The molecule has 4 rings (SSSR count). The number of benzene rings is 3. The van der Waals surface area contributed by atoms with Gasteiger partial charge in [0.2, 0.25) is 0 Å². The van der Waals surface area contributed by atoms with E-state index in [1.54, 1.807) is 6.08 Å². The second kappa shape index (κ2) is 7.68. The lowest BCUT2D eigenvalue weighted by atomic mass is 9.56. The van der Waals surface area contributed by atoms with Gasteiger partial charge in [-0.05, 0) is 36.6 Å². The summed E-state index contributed by atoms with van der Waals surface area (Å²) in [4.78, 5) is 30.4. The van der Waals surface area contributed by atoms with Gasteiger partial charge in [0, 0.05) is 0 Å². The van der Waals surface area contributed by atoms with Gasteiger partial charge in [-0.15, -0.1) is 0 Å². The van der Waals surface area contributed by atoms with E-state index < -0.39 is 10.8 Å². The Morgan fingerprint density at radius 2 is 1.27 bits per heavy atom. The van der Waals surface area contributed by atoms with E-state index in [4.69, 9.17) is 0 Å². The van der Waals surface area contributed by atoms with Gasteiger partial charge in [-0.1, -0.05) is 97.1 Å². The summed E-state index contributed by atoms with van der Waals surface area (Å²) in [5.74, 6) is -0.299. The predicted octanol–water partition coefficient (Wildman–Crippen LogP) is 5.15. The van der Waals surface area contributed by atoms with Crippen LogP contribution in [0.5, 0.6) is 0 Å². The molecule has 0 radical (unpaired) electrons. The van der Waals surface area contributed by atoms with Crippen molar-refractivity contribution in [1.82, 2.24) is 0 Å². The molecule has 0 saturated heterocycles. The highest BCUT2D eigenvalue weighted by Gasteiger charge is 2.61. The van der Waals surface area contributed by atoms with Crippen molar-refractivity contribution in [3.63, 3.8) is 0 Å². The fourth-order valence-electron chi connectivity index (χ4n) is 4.54. The zero-order valence-electron chi connectivity index (χ0n) is 17.1. The Morgan fingerprint density at radius 1 is 0.800 bits per heavy atom. The second-order valence-corrected chi connectivity index (χ2v) is 7.76. The van der Waals surface area contributed by atoms with Gasteiger partial charge in [0.05, 0.1) is 11.1 Å². The fourth-order valence-corrected chi connectivity index (χ4v) is 4.54. The summed E-state index contributed by atoms with van der Waals surface area (Å²) in [6, 6.07) is 29.2. The van der Waals surface area contributed by atoms with Gasteiger partial charge in [-0.25, -0.2) is 4.99 Å². The Bertz CT molecular complexity index is 1090. The van der Waals surface area contributed by atoms with E-state index in [9.17, 15) is 9.59 Å². The van der Waals surface area contributed by atoms with Crippen LogP contribution in [-0.2, 0) is 15.0 Å². The van der Waals surface area contributed by atoms with Gasteiger partial charge in [0.25, 0.3) is 5.91 Å². The molecule has 30 heavy (non-hydrogen) atoms. The van der Waals surface area contributed by atoms with Crippen LogP contribution in [-0.4, -0.2) is 17.4 Å². The maximum atomic E-state index is 13.8. The van der Waals surface area contributed by atoms with Crippen molar-refractivity contribution in [3.8, 4) is 0 Å². The molecular weight excluding hydrogens is 370 g/mol. The summed E-state index contributed by atoms with van der Waals surface area (Å²) in [6.45, 7) is 3.52. The zero-order chi connectivity index (χ0) is 21.2. The number of allylic oxidation sites excluding steroid dienone is 2. The first-order valence-electron chi connectivity index (χ1n) is 10.00. The largest absolute Gasteiger partial charge is 0.295 e. The number of carbonyl (C=O) groups is 2. The highest BCUT2D eigenvalue weighted by atomic mass is 16.2. The molecule has 0 fully saturated rings. The molecule has 1 aliphatic heterocycles. The number of hydrogen-bond donors (Lipinski definition) is 0. The first-order chi connectivity index (χ1) is 14.5.